The first-order valence-corrected chi connectivity index (χ1v) is 8.48. The molecule has 0 aliphatic heterocycles. The number of halogens is 3. The van der Waals surface area contributed by atoms with Gasteiger partial charge in [0.25, 0.3) is 5.91 Å². The van der Waals surface area contributed by atoms with Gasteiger partial charge >= 0.3 is 0 Å². The summed E-state index contributed by atoms with van der Waals surface area (Å²) in [5, 5.41) is 4.47. The fourth-order valence-corrected chi connectivity index (χ4v) is 3.15. The molecule has 0 aliphatic rings. The SMILES string of the molecule is Cc1cc(C(=O)NCCc2ccc(Cl)cc2Cl)c2cc(F)ccc2n1. The third-order valence-corrected chi connectivity index (χ3v) is 4.43. The summed E-state index contributed by atoms with van der Waals surface area (Å²) in [5.41, 5.74) is 2.59. The summed E-state index contributed by atoms with van der Waals surface area (Å²) in [6.45, 7) is 2.20. The van der Waals surface area contributed by atoms with Crippen LogP contribution in [0.2, 0.25) is 10.0 Å². The van der Waals surface area contributed by atoms with Crippen molar-refractivity contribution in [1.82, 2.24) is 10.3 Å². The molecule has 3 nitrogen and oxygen atoms in total. The number of aryl methyl sites for hydroxylation is 1. The summed E-state index contributed by atoms with van der Waals surface area (Å²) in [6.07, 6.45) is 0.568. The van der Waals surface area contributed by atoms with Gasteiger partial charge < -0.3 is 5.32 Å². The molecule has 0 aliphatic carbocycles. The van der Waals surface area contributed by atoms with Crippen LogP contribution in [0.4, 0.5) is 4.39 Å². The van der Waals surface area contributed by atoms with Crippen molar-refractivity contribution in [2.45, 2.75) is 13.3 Å². The summed E-state index contributed by atoms with van der Waals surface area (Å²) < 4.78 is 13.5. The van der Waals surface area contributed by atoms with E-state index in [1.54, 1.807) is 31.2 Å². The Kier molecular flexibility index (Phi) is 5.21. The average molecular weight is 377 g/mol. The van der Waals surface area contributed by atoms with Crippen molar-refractivity contribution in [3.8, 4) is 0 Å². The van der Waals surface area contributed by atoms with Crippen molar-refractivity contribution in [2.75, 3.05) is 6.54 Å². The third kappa shape index (κ3) is 4.09. The van der Waals surface area contributed by atoms with Crippen LogP contribution >= 0.6 is 23.2 Å². The highest BCUT2D eigenvalue weighted by Gasteiger charge is 2.13. The lowest BCUT2D eigenvalue weighted by atomic mass is 10.1. The van der Waals surface area contributed by atoms with Gasteiger partial charge in [-0.25, -0.2) is 4.39 Å². The van der Waals surface area contributed by atoms with Crippen LogP contribution in [-0.4, -0.2) is 17.4 Å². The van der Waals surface area contributed by atoms with Gasteiger partial charge in [-0.1, -0.05) is 29.3 Å². The Morgan fingerprint density at radius 2 is 1.96 bits per heavy atom. The topological polar surface area (TPSA) is 42.0 Å². The van der Waals surface area contributed by atoms with E-state index in [0.29, 0.717) is 45.2 Å². The molecule has 0 saturated carbocycles. The number of carbonyl (C=O) groups is 1. The molecule has 1 heterocycles. The highest BCUT2D eigenvalue weighted by molar-refractivity contribution is 6.35. The van der Waals surface area contributed by atoms with Gasteiger partial charge in [0, 0.05) is 27.7 Å². The van der Waals surface area contributed by atoms with Crippen LogP contribution in [0, 0.1) is 12.7 Å². The Hall–Kier alpha value is -2.17. The lowest BCUT2D eigenvalue weighted by Gasteiger charge is -2.10. The van der Waals surface area contributed by atoms with E-state index in [0.717, 1.165) is 5.56 Å². The molecular weight excluding hydrogens is 362 g/mol. The highest BCUT2D eigenvalue weighted by atomic mass is 35.5. The van der Waals surface area contributed by atoms with Crippen LogP contribution < -0.4 is 5.32 Å². The summed E-state index contributed by atoms with van der Waals surface area (Å²) >= 11 is 12.0. The minimum Gasteiger partial charge on any atom is -0.352 e. The number of hydrogen-bond donors (Lipinski definition) is 1. The number of benzene rings is 2. The maximum absolute atomic E-state index is 13.5. The molecule has 3 rings (SSSR count). The zero-order valence-corrected chi connectivity index (χ0v) is 15.0. The van der Waals surface area contributed by atoms with E-state index in [9.17, 15) is 9.18 Å². The van der Waals surface area contributed by atoms with Crippen LogP contribution in [0.25, 0.3) is 10.9 Å². The fraction of sp³-hybridized carbons (Fsp3) is 0.158. The number of amides is 1. The van der Waals surface area contributed by atoms with Gasteiger partial charge in [0.1, 0.15) is 5.82 Å². The van der Waals surface area contributed by atoms with Gasteiger partial charge in [0.15, 0.2) is 0 Å². The Morgan fingerprint density at radius 3 is 2.72 bits per heavy atom. The standard InChI is InChI=1S/C19H15Cl2FN2O/c1-11-8-16(15-10-14(22)4-5-18(15)24-11)19(25)23-7-6-12-2-3-13(20)9-17(12)21/h2-5,8-10H,6-7H2,1H3,(H,23,25). The van der Waals surface area contributed by atoms with Crippen molar-refractivity contribution < 1.29 is 9.18 Å². The Balaban J connectivity index is 1.77. The van der Waals surface area contributed by atoms with E-state index >= 15 is 0 Å². The summed E-state index contributed by atoms with van der Waals surface area (Å²) in [4.78, 5) is 16.9. The van der Waals surface area contributed by atoms with Crippen molar-refractivity contribution in [1.29, 1.82) is 0 Å². The maximum atomic E-state index is 13.5. The van der Waals surface area contributed by atoms with E-state index < -0.39 is 5.82 Å². The monoisotopic (exact) mass is 376 g/mol. The normalized spacial score (nSPS) is 10.9. The van der Waals surface area contributed by atoms with Crippen molar-refractivity contribution >= 4 is 40.0 Å². The molecule has 0 bridgehead atoms. The molecule has 1 amide bonds. The largest absolute Gasteiger partial charge is 0.352 e. The van der Waals surface area contributed by atoms with E-state index in [2.05, 4.69) is 10.3 Å². The number of carbonyl (C=O) groups excluding carboxylic acids is 1. The van der Waals surface area contributed by atoms with Crippen molar-refractivity contribution in [3.63, 3.8) is 0 Å². The lowest BCUT2D eigenvalue weighted by Crippen LogP contribution is -2.26. The zero-order valence-electron chi connectivity index (χ0n) is 13.4. The van der Waals surface area contributed by atoms with Gasteiger partial charge in [-0.05, 0) is 55.3 Å². The Labute approximate surface area is 154 Å². The number of nitrogens with one attached hydrogen (secondary N) is 1. The molecular formula is C19H15Cl2FN2O. The van der Waals surface area contributed by atoms with E-state index in [4.69, 9.17) is 23.2 Å². The molecule has 1 N–H and O–H groups in total. The second-order valence-corrected chi connectivity index (χ2v) is 6.56. The summed E-state index contributed by atoms with van der Waals surface area (Å²) in [7, 11) is 0. The quantitative estimate of drug-likeness (QED) is 0.698. The number of fused-ring (bicyclic) bond motifs is 1. The third-order valence-electron chi connectivity index (χ3n) is 3.84. The van der Waals surface area contributed by atoms with Crippen molar-refractivity contribution in [3.05, 3.63) is 75.1 Å². The molecule has 25 heavy (non-hydrogen) atoms. The van der Waals surface area contributed by atoms with E-state index in [-0.39, 0.29) is 5.91 Å². The molecule has 0 saturated heterocycles. The first-order valence-electron chi connectivity index (χ1n) is 7.73. The van der Waals surface area contributed by atoms with Crippen molar-refractivity contribution in [2.24, 2.45) is 0 Å². The average Bonchev–Trinajstić information content (AvgIpc) is 2.56. The van der Waals surface area contributed by atoms with Gasteiger partial charge in [-0.15, -0.1) is 0 Å². The summed E-state index contributed by atoms with van der Waals surface area (Å²) in [5.74, 6) is -0.675. The van der Waals surface area contributed by atoms with Crippen LogP contribution in [0.15, 0.2) is 42.5 Å². The number of rotatable bonds is 4. The minimum absolute atomic E-state index is 0.272. The Bertz CT molecular complexity index is 960. The van der Waals surface area contributed by atoms with Gasteiger partial charge in [-0.2, -0.15) is 0 Å². The van der Waals surface area contributed by atoms with Gasteiger partial charge in [0.05, 0.1) is 11.1 Å². The number of aromatic nitrogens is 1. The molecule has 3 aromatic rings. The fourth-order valence-electron chi connectivity index (χ4n) is 2.65. The molecule has 0 fully saturated rings. The molecule has 0 atom stereocenters. The molecule has 0 radical (unpaired) electrons. The highest BCUT2D eigenvalue weighted by Crippen LogP contribution is 2.22. The lowest BCUT2D eigenvalue weighted by molar-refractivity contribution is 0.0955. The van der Waals surface area contributed by atoms with Crippen LogP contribution in [0.5, 0.6) is 0 Å². The molecule has 2 aromatic carbocycles. The number of pyridine rings is 1. The first kappa shape index (κ1) is 17.6. The molecule has 0 spiro atoms. The molecule has 128 valence electrons. The second-order valence-electron chi connectivity index (χ2n) is 5.71. The number of hydrogen-bond acceptors (Lipinski definition) is 2. The Morgan fingerprint density at radius 1 is 1.16 bits per heavy atom. The van der Waals surface area contributed by atoms with E-state index in [1.807, 2.05) is 6.07 Å². The van der Waals surface area contributed by atoms with Gasteiger partial charge in [-0.3, -0.25) is 9.78 Å². The molecule has 6 heteroatoms. The summed E-state index contributed by atoms with van der Waals surface area (Å²) in [6, 6.07) is 11.1. The maximum Gasteiger partial charge on any atom is 0.252 e. The zero-order chi connectivity index (χ0) is 18.0. The minimum atomic E-state index is -0.403. The predicted octanol–water partition coefficient (Wildman–Crippen LogP) is 4.96. The molecule has 1 aromatic heterocycles. The van der Waals surface area contributed by atoms with Crippen LogP contribution in [0.3, 0.4) is 0 Å². The first-order chi connectivity index (χ1) is 11.9. The predicted molar refractivity (Wildman–Crippen MR) is 98.9 cm³/mol. The number of nitrogens with zero attached hydrogens (tertiary/aromatic N) is 1. The smallest absolute Gasteiger partial charge is 0.252 e. The van der Waals surface area contributed by atoms with Crippen LogP contribution in [0.1, 0.15) is 21.6 Å². The van der Waals surface area contributed by atoms with Gasteiger partial charge in [0.2, 0.25) is 0 Å². The van der Waals surface area contributed by atoms with Crippen LogP contribution in [-0.2, 0) is 6.42 Å². The molecule has 0 unspecified atom stereocenters. The second kappa shape index (κ2) is 7.38. The van der Waals surface area contributed by atoms with E-state index in [1.165, 1.54) is 12.1 Å².